The number of nitrogens with one attached hydrogen (secondary N) is 1. The highest BCUT2D eigenvalue weighted by Crippen LogP contribution is 2.24. The van der Waals surface area contributed by atoms with Gasteiger partial charge in [0.15, 0.2) is 11.5 Å². The second-order valence-corrected chi connectivity index (χ2v) is 7.27. The Morgan fingerprint density at radius 3 is 2.66 bits per heavy atom. The van der Waals surface area contributed by atoms with E-state index in [1.165, 1.54) is 6.20 Å². The summed E-state index contributed by atoms with van der Waals surface area (Å²) < 4.78 is 0. The molecule has 1 unspecified atom stereocenters. The van der Waals surface area contributed by atoms with Gasteiger partial charge >= 0.3 is 0 Å². The summed E-state index contributed by atoms with van der Waals surface area (Å²) >= 11 is 0. The molecule has 1 N–H and O–H groups in total. The van der Waals surface area contributed by atoms with Gasteiger partial charge in [0.2, 0.25) is 12.2 Å². The standard InChI is InChI=1S/C21H24N8/c1-15(2)19-13-28(20-18(12-22)24-8-9-25-20)10-11-29(19)21(26-14-23)27-17-7-5-4-6-16(17)3/h4-9,15,19H,10-11,13H2,1-3H3,(H,26,27). The highest BCUT2D eigenvalue weighted by atomic mass is 15.4. The van der Waals surface area contributed by atoms with Crippen LogP contribution in [0.5, 0.6) is 0 Å². The van der Waals surface area contributed by atoms with Crippen LogP contribution in [0.3, 0.4) is 0 Å². The van der Waals surface area contributed by atoms with Gasteiger partial charge in [0.25, 0.3) is 0 Å². The van der Waals surface area contributed by atoms with Crippen molar-refractivity contribution in [1.29, 1.82) is 10.5 Å². The second kappa shape index (κ2) is 9.03. The predicted molar refractivity (Wildman–Crippen MR) is 112 cm³/mol. The van der Waals surface area contributed by atoms with Gasteiger partial charge in [-0.2, -0.15) is 10.5 Å². The molecule has 1 atom stereocenters. The minimum Gasteiger partial charge on any atom is -0.350 e. The summed E-state index contributed by atoms with van der Waals surface area (Å²) in [5, 5.41) is 22.0. The van der Waals surface area contributed by atoms with E-state index in [2.05, 4.69) is 50.0 Å². The van der Waals surface area contributed by atoms with E-state index in [9.17, 15) is 10.5 Å². The molecule has 0 spiro atoms. The SMILES string of the molecule is Cc1ccccc1N/C(=N/C#N)N1CCN(c2nccnc2C#N)CC1C(C)C. The van der Waals surface area contributed by atoms with Crippen LogP contribution in [0.15, 0.2) is 41.7 Å². The van der Waals surface area contributed by atoms with Crippen LogP contribution in [-0.4, -0.2) is 46.5 Å². The molecule has 1 saturated heterocycles. The molecular formula is C21H24N8. The van der Waals surface area contributed by atoms with Crippen molar-refractivity contribution in [3.63, 3.8) is 0 Å². The summed E-state index contributed by atoms with van der Waals surface area (Å²) in [5.41, 5.74) is 2.33. The van der Waals surface area contributed by atoms with Crippen molar-refractivity contribution in [2.75, 3.05) is 29.9 Å². The third-order valence-corrected chi connectivity index (χ3v) is 5.09. The number of hydrogen-bond donors (Lipinski definition) is 1. The van der Waals surface area contributed by atoms with Crippen LogP contribution in [0.1, 0.15) is 25.1 Å². The van der Waals surface area contributed by atoms with Crippen molar-refractivity contribution in [3.05, 3.63) is 47.9 Å². The number of benzene rings is 1. The van der Waals surface area contributed by atoms with E-state index in [-0.39, 0.29) is 6.04 Å². The highest BCUT2D eigenvalue weighted by Gasteiger charge is 2.33. The Labute approximate surface area is 171 Å². The molecule has 1 aromatic carbocycles. The van der Waals surface area contributed by atoms with Gasteiger partial charge in [0.1, 0.15) is 6.07 Å². The lowest BCUT2D eigenvalue weighted by atomic mass is 9.99. The molecule has 148 valence electrons. The van der Waals surface area contributed by atoms with Crippen LogP contribution in [0.4, 0.5) is 11.5 Å². The molecule has 0 bridgehead atoms. The van der Waals surface area contributed by atoms with Crippen molar-refractivity contribution < 1.29 is 0 Å². The van der Waals surface area contributed by atoms with E-state index < -0.39 is 0 Å². The van der Waals surface area contributed by atoms with Crippen LogP contribution in [0.2, 0.25) is 0 Å². The number of nitriles is 2. The lowest BCUT2D eigenvalue weighted by Gasteiger charge is -2.45. The van der Waals surface area contributed by atoms with Gasteiger partial charge in [-0.1, -0.05) is 32.0 Å². The Kier molecular flexibility index (Phi) is 6.25. The topological polar surface area (TPSA) is 104 Å². The molecule has 0 aliphatic carbocycles. The fourth-order valence-corrected chi connectivity index (χ4v) is 3.52. The number of rotatable bonds is 3. The van der Waals surface area contributed by atoms with Crippen LogP contribution in [0, 0.1) is 35.6 Å². The number of aromatic nitrogens is 2. The zero-order chi connectivity index (χ0) is 20.8. The summed E-state index contributed by atoms with van der Waals surface area (Å²) in [5.74, 6) is 1.44. The number of anilines is 2. The zero-order valence-electron chi connectivity index (χ0n) is 16.9. The van der Waals surface area contributed by atoms with Crippen molar-refractivity contribution in [2.45, 2.75) is 26.8 Å². The molecule has 2 heterocycles. The fraction of sp³-hybridized carbons (Fsp3) is 0.381. The molecular weight excluding hydrogens is 364 g/mol. The average Bonchev–Trinajstić information content (AvgIpc) is 2.74. The molecule has 8 nitrogen and oxygen atoms in total. The average molecular weight is 388 g/mol. The van der Waals surface area contributed by atoms with Gasteiger partial charge in [-0.15, -0.1) is 4.99 Å². The molecule has 1 fully saturated rings. The molecule has 1 aliphatic rings. The Balaban J connectivity index is 1.87. The third kappa shape index (κ3) is 4.44. The summed E-state index contributed by atoms with van der Waals surface area (Å²) in [4.78, 5) is 16.8. The van der Waals surface area contributed by atoms with Gasteiger partial charge in [-0.25, -0.2) is 9.97 Å². The molecule has 3 rings (SSSR count). The summed E-state index contributed by atoms with van der Waals surface area (Å²) in [7, 11) is 0. The monoisotopic (exact) mass is 388 g/mol. The zero-order valence-corrected chi connectivity index (χ0v) is 16.9. The van der Waals surface area contributed by atoms with Gasteiger partial charge in [0, 0.05) is 37.7 Å². The summed E-state index contributed by atoms with van der Waals surface area (Å²) in [6.45, 7) is 8.24. The molecule has 0 amide bonds. The molecule has 8 heteroatoms. The molecule has 0 saturated carbocycles. The minimum absolute atomic E-state index is 0.0842. The van der Waals surface area contributed by atoms with Gasteiger partial charge in [-0.3, -0.25) is 0 Å². The lowest BCUT2D eigenvalue weighted by Crippen LogP contribution is -2.59. The quantitative estimate of drug-likeness (QED) is 0.490. The van der Waals surface area contributed by atoms with E-state index in [1.807, 2.05) is 37.4 Å². The van der Waals surface area contributed by atoms with Crippen LogP contribution in [0.25, 0.3) is 0 Å². The Morgan fingerprint density at radius 1 is 1.21 bits per heavy atom. The van der Waals surface area contributed by atoms with Gasteiger partial charge in [0.05, 0.1) is 6.04 Å². The minimum atomic E-state index is 0.0842. The van der Waals surface area contributed by atoms with E-state index >= 15 is 0 Å². The van der Waals surface area contributed by atoms with Crippen molar-refractivity contribution >= 4 is 17.5 Å². The maximum atomic E-state index is 9.37. The molecule has 1 aliphatic heterocycles. The number of aryl methyl sites for hydroxylation is 1. The Hall–Kier alpha value is -3.65. The van der Waals surface area contributed by atoms with Crippen LogP contribution < -0.4 is 10.2 Å². The summed E-state index contributed by atoms with van der Waals surface area (Å²) in [6, 6.07) is 10.1. The van der Waals surface area contributed by atoms with Gasteiger partial charge in [-0.05, 0) is 24.5 Å². The number of piperazine rings is 1. The maximum absolute atomic E-state index is 9.37. The number of hydrogen-bond acceptors (Lipinski definition) is 6. The van der Waals surface area contributed by atoms with Crippen molar-refractivity contribution in [3.8, 4) is 12.3 Å². The predicted octanol–water partition coefficient (Wildman–Crippen LogP) is 2.75. The first-order valence-corrected chi connectivity index (χ1v) is 9.57. The number of nitrogens with zero attached hydrogens (tertiary/aromatic N) is 7. The second-order valence-electron chi connectivity index (χ2n) is 7.27. The number of para-hydroxylation sites is 1. The molecule has 2 aromatic rings. The van der Waals surface area contributed by atoms with Gasteiger partial charge < -0.3 is 15.1 Å². The maximum Gasteiger partial charge on any atom is 0.214 e. The summed E-state index contributed by atoms with van der Waals surface area (Å²) in [6.07, 6.45) is 5.07. The Bertz CT molecular complexity index is 969. The first kappa shape index (κ1) is 20.1. The van der Waals surface area contributed by atoms with Crippen LogP contribution >= 0.6 is 0 Å². The molecule has 0 radical (unpaired) electrons. The van der Waals surface area contributed by atoms with E-state index in [4.69, 9.17) is 0 Å². The number of guanidine groups is 1. The Morgan fingerprint density at radius 2 is 1.97 bits per heavy atom. The smallest absolute Gasteiger partial charge is 0.214 e. The molecule has 29 heavy (non-hydrogen) atoms. The lowest BCUT2D eigenvalue weighted by molar-refractivity contribution is 0.224. The molecule has 1 aromatic heterocycles. The highest BCUT2D eigenvalue weighted by molar-refractivity contribution is 5.95. The number of aliphatic imine (C=N–C) groups is 1. The van der Waals surface area contributed by atoms with E-state index in [0.717, 1.165) is 11.3 Å². The largest absolute Gasteiger partial charge is 0.350 e. The van der Waals surface area contributed by atoms with Crippen molar-refractivity contribution in [2.24, 2.45) is 10.9 Å². The van der Waals surface area contributed by atoms with E-state index in [0.29, 0.717) is 43.0 Å². The fourth-order valence-electron chi connectivity index (χ4n) is 3.52. The third-order valence-electron chi connectivity index (χ3n) is 5.09. The normalized spacial score (nSPS) is 17.0. The van der Waals surface area contributed by atoms with E-state index in [1.54, 1.807) is 6.20 Å². The van der Waals surface area contributed by atoms with Crippen LogP contribution in [-0.2, 0) is 0 Å². The first-order chi connectivity index (χ1) is 14.0. The first-order valence-electron chi connectivity index (χ1n) is 9.57. The van der Waals surface area contributed by atoms with Crippen molar-refractivity contribution in [1.82, 2.24) is 14.9 Å².